The molecular formula is C8H8Br2NO3S+. The molecular weight excluding hydrogens is 350 g/mol. The normalized spacial score (nSPS) is 12.9. The first-order valence-corrected chi connectivity index (χ1v) is 7.19. The molecule has 0 aliphatic rings. The maximum Gasteiger partial charge on any atom is 0.300 e. The van der Waals surface area contributed by atoms with Crippen molar-refractivity contribution in [3.63, 3.8) is 0 Å². The molecule has 1 rings (SSSR count). The minimum atomic E-state index is -4.14. The van der Waals surface area contributed by atoms with Gasteiger partial charge in [-0.1, -0.05) is 15.9 Å². The summed E-state index contributed by atoms with van der Waals surface area (Å²) in [5.41, 5.74) is 0. The smallest absolute Gasteiger partial charge is 0.282 e. The van der Waals surface area contributed by atoms with Gasteiger partial charge in [0.2, 0.25) is 0 Å². The van der Waals surface area contributed by atoms with Gasteiger partial charge >= 0.3 is 0 Å². The minimum Gasteiger partial charge on any atom is -0.282 e. The highest BCUT2D eigenvalue weighted by molar-refractivity contribution is 9.13. The van der Waals surface area contributed by atoms with Crippen LogP contribution in [0.4, 0.5) is 0 Å². The first kappa shape index (κ1) is 12.8. The van der Waals surface area contributed by atoms with Gasteiger partial charge in [0.1, 0.15) is 0 Å². The van der Waals surface area contributed by atoms with Crippen LogP contribution in [-0.4, -0.2) is 18.3 Å². The fourth-order valence-electron chi connectivity index (χ4n) is 0.899. The lowest BCUT2D eigenvalue weighted by molar-refractivity contribution is -0.570. The van der Waals surface area contributed by atoms with E-state index in [2.05, 4.69) is 31.9 Å². The van der Waals surface area contributed by atoms with E-state index in [-0.39, 0.29) is 4.90 Å². The van der Waals surface area contributed by atoms with Crippen LogP contribution in [0.1, 0.15) is 0 Å². The van der Waals surface area contributed by atoms with Gasteiger partial charge in [0, 0.05) is 11.4 Å². The van der Waals surface area contributed by atoms with Crippen molar-refractivity contribution in [2.75, 3.05) is 5.33 Å². The average Bonchev–Trinajstić information content (AvgIpc) is 2.17. The summed E-state index contributed by atoms with van der Waals surface area (Å²) < 4.78 is 32.9. The maximum absolute atomic E-state index is 10.8. The van der Waals surface area contributed by atoms with E-state index >= 15 is 0 Å². The number of aromatic nitrogens is 1. The molecule has 0 bridgehead atoms. The molecule has 0 spiro atoms. The van der Waals surface area contributed by atoms with Crippen LogP contribution in [0, 0.1) is 0 Å². The molecule has 0 aliphatic heterocycles. The Balaban J connectivity index is 3.15. The van der Waals surface area contributed by atoms with Gasteiger partial charge in [-0.15, -0.1) is 0 Å². The van der Waals surface area contributed by atoms with Gasteiger partial charge in [0.05, 0.1) is 4.48 Å². The van der Waals surface area contributed by atoms with Crippen molar-refractivity contribution >= 4 is 48.2 Å². The van der Waals surface area contributed by atoms with Gasteiger partial charge in [-0.05, 0) is 22.0 Å². The number of hydrogen-bond acceptors (Lipinski definition) is 2. The van der Waals surface area contributed by atoms with Gasteiger partial charge in [-0.3, -0.25) is 4.55 Å². The third kappa shape index (κ3) is 4.02. The van der Waals surface area contributed by atoms with Gasteiger partial charge in [-0.2, -0.15) is 13.0 Å². The number of halogens is 2. The van der Waals surface area contributed by atoms with Gasteiger partial charge in [0.25, 0.3) is 10.1 Å². The van der Waals surface area contributed by atoms with E-state index in [1.807, 2.05) is 0 Å². The molecule has 0 atom stereocenters. The molecule has 0 aliphatic carbocycles. The Kier molecular flexibility index (Phi) is 4.45. The highest BCUT2D eigenvalue weighted by Gasteiger charge is 2.13. The van der Waals surface area contributed by atoms with E-state index in [9.17, 15) is 8.42 Å². The van der Waals surface area contributed by atoms with Crippen LogP contribution in [-0.2, 0) is 10.1 Å². The second kappa shape index (κ2) is 5.20. The Morgan fingerprint density at radius 2 is 2.27 bits per heavy atom. The number of nitrogens with zero attached hydrogens (tertiary/aromatic N) is 1. The Hall–Kier alpha value is -0.240. The van der Waals surface area contributed by atoms with Crippen molar-refractivity contribution in [2.45, 2.75) is 4.90 Å². The zero-order chi connectivity index (χ0) is 11.5. The Labute approximate surface area is 105 Å². The van der Waals surface area contributed by atoms with E-state index in [1.165, 1.54) is 22.9 Å². The second-order valence-electron chi connectivity index (χ2n) is 2.67. The minimum absolute atomic E-state index is 0.142. The Bertz CT molecular complexity index is 484. The molecule has 1 heterocycles. The molecule has 15 heavy (non-hydrogen) atoms. The molecule has 0 saturated carbocycles. The summed E-state index contributed by atoms with van der Waals surface area (Å²) >= 11 is 6.50. The van der Waals surface area contributed by atoms with Crippen molar-refractivity contribution < 1.29 is 17.5 Å². The van der Waals surface area contributed by atoms with Crippen LogP contribution in [0.3, 0.4) is 0 Å². The Morgan fingerprint density at radius 3 is 2.80 bits per heavy atom. The highest BCUT2D eigenvalue weighted by Crippen LogP contribution is 2.08. The Morgan fingerprint density at radius 1 is 1.60 bits per heavy atom. The van der Waals surface area contributed by atoms with Crippen molar-refractivity contribution in [2.24, 2.45) is 0 Å². The lowest BCUT2D eigenvalue weighted by Crippen LogP contribution is -2.26. The van der Waals surface area contributed by atoms with Crippen LogP contribution < -0.4 is 4.57 Å². The molecule has 1 N–H and O–H groups in total. The number of pyridine rings is 1. The fourth-order valence-corrected chi connectivity index (χ4v) is 1.79. The van der Waals surface area contributed by atoms with Crippen LogP contribution >= 0.6 is 31.9 Å². The fraction of sp³-hybridized carbons (Fsp3) is 0.125. The van der Waals surface area contributed by atoms with E-state index in [1.54, 1.807) is 12.4 Å². The lowest BCUT2D eigenvalue weighted by Gasteiger charge is -1.94. The number of hydrogen-bond donors (Lipinski definition) is 1. The molecule has 1 aromatic rings. The SMILES string of the molecule is O=S(=O)(O)c1ccc[n+](C=C(Br)CBr)c1. The van der Waals surface area contributed by atoms with E-state index in [0.29, 0.717) is 5.33 Å². The third-order valence-electron chi connectivity index (χ3n) is 1.51. The van der Waals surface area contributed by atoms with Crippen molar-refractivity contribution in [3.8, 4) is 0 Å². The quantitative estimate of drug-likeness (QED) is 0.510. The lowest BCUT2D eigenvalue weighted by atomic mass is 10.5. The predicted octanol–water partition coefficient (Wildman–Crippen LogP) is 1.81. The zero-order valence-corrected chi connectivity index (χ0v) is 11.5. The molecule has 82 valence electrons. The largest absolute Gasteiger partial charge is 0.300 e. The molecule has 0 saturated heterocycles. The van der Waals surface area contributed by atoms with E-state index in [4.69, 9.17) is 4.55 Å². The van der Waals surface area contributed by atoms with Crippen LogP contribution in [0.15, 0.2) is 33.9 Å². The summed E-state index contributed by atoms with van der Waals surface area (Å²) in [7, 11) is -4.14. The first-order valence-electron chi connectivity index (χ1n) is 3.84. The molecule has 0 radical (unpaired) electrons. The molecule has 0 aromatic carbocycles. The summed E-state index contributed by atoms with van der Waals surface area (Å²) in [6.45, 7) is 0. The molecule has 1 aromatic heterocycles. The first-order chi connectivity index (χ1) is 6.93. The summed E-state index contributed by atoms with van der Waals surface area (Å²) in [5, 5.41) is 0.621. The number of rotatable bonds is 3. The van der Waals surface area contributed by atoms with Gasteiger partial charge < -0.3 is 0 Å². The van der Waals surface area contributed by atoms with Crippen LogP contribution in [0.2, 0.25) is 0 Å². The van der Waals surface area contributed by atoms with Gasteiger partial charge in [0.15, 0.2) is 23.5 Å². The van der Waals surface area contributed by atoms with E-state index in [0.717, 1.165) is 4.48 Å². The second-order valence-corrected chi connectivity index (χ2v) is 5.67. The number of allylic oxidation sites excluding steroid dienone is 1. The predicted molar refractivity (Wildman–Crippen MR) is 63.4 cm³/mol. The highest BCUT2D eigenvalue weighted by atomic mass is 79.9. The topological polar surface area (TPSA) is 58.3 Å². The summed E-state index contributed by atoms with van der Waals surface area (Å²) in [6, 6.07) is 2.86. The van der Waals surface area contributed by atoms with Crippen molar-refractivity contribution in [1.29, 1.82) is 0 Å². The standard InChI is InChI=1S/C8H7Br2NO3S/c9-4-7(10)5-11-3-1-2-8(6-11)15(12,13)14/h1-3,5-6H,4H2/p+1. The molecule has 7 heteroatoms. The number of alkyl halides is 1. The molecule has 4 nitrogen and oxygen atoms in total. The maximum atomic E-state index is 10.8. The molecule has 0 amide bonds. The van der Waals surface area contributed by atoms with Gasteiger partial charge in [-0.25, -0.2) is 0 Å². The van der Waals surface area contributed by atoms with Crippen LogP contribution in [0.25, 0.3) is 6.20 Å². The third-order valence-corrected chi connectivity index (χ3v) is 4.19. The zero-order valence-electron chi connectivity index (χ0n) is 7.47. The molecule has 0 unspecified atom stereocenters. The monoisotopic (exact) mass is 356 g/mol. The van der Waals surface area contributed by atoms with Crippen molar-refractivity contribution in [3.05, 3.63) is 29.0 Å². The summed E-state index contributed by atoms with van der Waals surface area (Å²) in [6.07, 6.45) is 4.67. The van der Waals surface area contributed by atoms with E-state index < -0.39 is 10.1 Å². The average molecular weight is 358 g/mol. The summed E-state index contributed by atoms with van der Waals surface area (Å²) in [4.78, 5) is -0.142. The molecule has 0 fully saturated rings. The summed E-state index contributed by atoms with van der Waals surface area (Å²) in [5.74, 6) is 0. The van der Waals surface area contributed by atoms with Crippen LogP contribution in [0.5, 0.6) is 0 Å². The van der Waals surface area contributed by atoms with Crippen molar-refractivity contribution in [1.82, 2.24) is 0 Å².